The first-order valence-corrected chi connectivity index (χ1v) is 8.13. The highest BCUT2D eigenvalue weighted by atomic mass is 16.5. The molecule has 0 bridgehead atoms. The molecule has 1 aliphatic rings. The topological polar surface area (TPSA) is 73.8 Å². The number of carbonyl (C=O) groups is 1. The van der Waals surface area contributed by atoms with Crippen LogP contribution in [0.2, 0.25) is 0 Å². The summed E-state index contributed by atoms with van der Waals surface area (Å²) in [6, 6.07) is 7.15. The van der Waals surface area contributed by atoms with Crippen LogP contribution < -0.4 is 9.47 Å². The molecule has 1 amide bonds. The molecule has 1 aromatic carbocycles. The van der Waals surface area contributed by atoms with Crippen molar-refractivity contribution in [2.24, 2.45) is 0 Å². The smallest absolute Gasteiger partial charge is 0.249 e. The van der Waals surface area contributed by atoms with Gasteiger partial charge in [0.25, 0.3) is 0 Å². The standard InChI is InChI=1S/C18H21N3O4/c1-23-12-18(22)21-9-3-4-16(21)15-10-19-11-17(20-15)25-14-7-5-13(24-2)6-8-14/h5-8,10-11,16H,3-4,9,12H2,1-2H3/t16-/m1/s1. The van der Waals surface area contributed by atoms with Gasteiger partial charge in [-0.2, -0.15) is 0 Å². The Kier molecular flexibility index (Phi) is 5.45. The molecule has 1 atom stereocenters. The van der Waals surface area contributed by atoms with Crippen LogP contribution >= 0.6 is 0 Å². The fourth-order valence-corrected chi connectivity index (χ4v) is 2.92. The van der Waals surface area contributed by atoms with Crippen molar-refractivity contribution >= 4 is 5.91 Å². The molecule has 1 saturated heterocycles. The van der Waals surface area contributed by atoms with Crippen LogP contribution in [0.3, 0.4) is 0 Å². The average Bonchev–Trinajstić information content (AvgIpc) is 3.13. The molecule has 7 nitrogen and oxygen atoms in total. The number of rotatable bonds is 6. The minimum Gasteiger partial charge on any atom is -0.497 e. The second-order valence-corrected chi connectivity index (χ2v) is 5.74. The third kappa shape index (κ3) is 4.06. The molecule has 0 spiro atoms. The van der Waals surface area contributed by atoms with Crippen molar-refractivity contribution in [2.45, 2.75) is 18.9 Å². The molecule has 0 aliphatic carbocycles. The second kappa shape index (κ2) is 7.94. The number of likely N-dealkylation sites (tertiary alicyclic amines) is 1. The van der Waals surface area contributed by atoms with Crippen LogP contribution in [-0.2, 0) is 9.53 Å². The number of amides is 1. The van der Waals surface area contributed by atoms with E-state index in [9.17, 15) is 4.79 Å². The van der Waals surface area contributed by atoms with E-state index < -0.39 is 0 Å². The van der Waals surface area contributed by atoms with Crippen LogP contribution in [0.25, 0.3) is 0 Å². The molecule has 3 rings (SSSR count). The Balaban J connectivity index is 1.75. The molecule has 1 aliphatic heterocycles. The highest BCUT2D eigenvalue weighted by molar-refractivity contribution is 5.78. The number of carbonyl (C=O) groups excluding carboxylic acids is 1. The maximum atomic E-state index is 12.2. The van der Waals surface area contributed by atoms with Crippen LogP contribution in [0.4, 0.5) is 0 Å². The normalized spacial score (nSPS) is 16.7. The average molecular weight is 343 g/mol. The van der Waals surface area contributed by atoms with Crippen molar-refractivity contribution in [2.75, 3.05) is 27.4 Å². The summed E-state index contributed by atoms with van der Waals surface area (Å²) < 4.78 is 15.9. The predicted octanol–water partition coefficient (Wildman–Crippen LogP) is 2.59. The van der Waals surface area contributed by atoms with Gasteiger partial charge in [-0.25, -0.2) is 4.98 Å². The minimum absolute atomic E-state index is 0.0340. The highest BCUT2D eigenvalue weighted by Gasteiger charge is 2.31. The van der Waals surface area contributed by atoms with Gasteiger partial charge >= 0.3 is 0 Å². The first kappa shape index (κ1) is 17.2. The Labute approximate surface area is 146 Å². The van der Waals surface area contributed by atoms with Gasteiger partial charge in [-0.3, -0.25) is 9.78 Å². The molecular formula is C18H21N3O4. The quantitative estimate of drug-likeness (QED) is 0.803. The summed E-state index contributed by atoms with van der Waals surface area (Å²) in [5.74, 6) is 1.76. The predicted molar refractivity (Wildman–Crippen MR) is 90.7 cm³/mol. The number of nitrogens with zero attached hydrogens (tertiary/aromatic N) is 3. The molecule has 2 heterocycles. The lowest BCUT2D eigenvalue weighted by atomic mass is 10.1. The third-order valence-electron chi connectivity index (χ3n) is 4.10. The van der Waals surface area contributed by atoms with E-state index >= 15 is 0 Å². The second-order valence-electron chi connectivity index (χ2n) is 5.74. The number of hydrogen-bond acceptors (Lipinski definition) is 6. The Morgan fingerprint density at radius 2 is 1.96 bits per heavy atom. The van der Waals surface area contributed by atoms with Gasteiger partial charge in [0.1, 0.15) is 18.1 Å². The first-order valence-electron chi connectivity index (χ1n) is 8.13. The molecular weight excluding hydrogens is 322 g/mol. The van der Waals surface area contributed by atoms with Gasteiger partial charge in [0.05, 0.1) is 31.2 Å². The monoisotopic (exact) mass is 343 g/mol. The molecule has 0 saturated carbocycles. The lowest BCUT2D eigenvalue weighted by Gasteiger charge is -2.24. The molecule has 2 aromatic rings. The van der Waals surface area contributed by atoms with Crippen molar-refractivity contribution in [3.05, 3.63) is 42.4 Å². The van der Waals surface area contributed by atoms with Crippen LogP contribution in [0.15, 0.2) is 36.7 Å². The molecule has 0 N–H and O–H groups in total. The number of benzene rings is 1. The largest absolute Gasteiger partial charge is 0.497 e. The zero-order chi connectivity index (χ0) is 17.6. The van der Waals surface area contributed by atoms with Crippen LogP contribution in [-0.4, -0.2) is 48.1 Å². The van der Waals surface area contributed by atoms with E-state index in [-0.39, 0.29) is 18.6 Å². The first-order chi connectivity index (χ1) is 12.2. The number of ether oxygens (including phenoxy) is 3. The molecule has 1 fully saturated rings. The van der Waals surface area contributed by atoms with E-state index in [0.717, 1.165) is 24.3 Å². The van der Waals surface area contributed by atoms with Gasteiger partial charge in [0, 0.05) is 13.7 Å². The summed E-state index contributed by atoms with van der Waals surface area (Å²) in [7, 11) is 3.13. The van der Waals surface area contributed by atoms with E-state index in [0.29, 0.717) is 18.2 Å². The van der Waals surface area contributed by atoms with Crippen molar-refractivity contribution in [3.8, 4) is 17.4 Å². The number of aromatic nitrogens is 2. The summed E-state index contributed by atoms with van der Waals surface area (Å²) in [5.41, 5.74) is 0.730. The fraction of sp³-hybridized carbons (Fsp3) is 0.389. The molecule has 1 aromatic heterocycles. The third-order valence-corrected chi connectivity index (χ3v) is 4.10. The van der Waals surface area contributed by atoms with Crippen molar-refractivity contribution in [1.29, 1.82) is 0 Å². The van der Waals surface area contributed by atoms with Gasteiger partial charge in [-0.15, -0.1) is 0 Å². The number of hydrogen-bond donors (Lipinski definition) is 0. The van der Waals surface area contributed by atoms with E-state index in [1.165, 1.54) is 7.11 Å². The summed E-state index contributed by atoms with van der Waals surface area (Å²) in [5, 5.41) is 0. The Hall–Kier alpha value is -2.67. The number of methoxy groups -OCH3 is 2. The Morgan fingerprint density at radius 1 is 1.20 bits per heavy atom. The summed E-state index contributed by atoms with van der Waals surface area (Å²) in [4.78, 5) is 22.7. The van der Waals surface area contributed by atoms with Crippen LogP contribution in [0.1, 0.15) is 24.6 Å². The van der Waals surface area contributed by atoms with Crippen molar-refractivity contribution < 1.29 is 19.0 Å². The van der Waals surface area contributed by atoms with Crippen molar-refractivity contribution in [1.82, 2.24) is 14.9 Å². The van der Waals surface area contributed by atoms with Gasteiger partial charge in [-0.05, 0) is 37.1 Å². The van der Waals surface area contributed by atoms with Gasteiger partial charge < -0.3 is 19.1 Å². The van der Waals surface area contributed by atoms with E-state index in [1.807, 2.05) is 12.1 Å². The highest BCUT2D eigenvalue weighted by Crippen LogP contribution is 2.32. The fourth-order valence-electron chi connectivity index (χ4n) is 2.92. The Bertz CT molecular complexity index is 721. The molecule has 7 heteroatoms. The van der Waals surface area contributed by atoms with Crippen LogP contribution in [0, 0.1) is 0 Å². The maximum Gasteiger partial charge on any atom is 0.249 e. The van der Waals surface area contributed by atoms with E-state index in [2.05, 4.69) is 9.97 Å². The lowest BCUT2D eigenvalue weighted by Crippen LogP contribution is -2.33. The van der Waals surface area contributed by atoms with Crippen LogP contribution in [0.5, 0.6) is 17.4 Å². The zero-order valence-electron chi connectivity index (χ0n) is 14.3. The Morgan fingerprint density at radius 3 is 2.68 bits per heavy atom. The summed E-state index contributed by atoms with van der Waals surface area (Å²) in [6.45, 7) is 0.782. The summed E-state index contributed by atoms with van der Waals surface area (Å²) in [6.07, 6.45) is 5.04. The molecule has 0 unspecified atom stereocenters. The minimum atomic E-state index is -0.0884. The SMILES string of the molecule is COCC(=O)N1CCC[C@@H]1c1cncc(Oc2ccc(OC)cc2)n1. The molecule has 0 radical (unpaired) electrons. The summed E-state index contributed by atoms with van der Waals surface area (Å²) >= 11 is 0. The van der Waals surface area contributed by atoms with E-state index in [1.54, 1.807) is 36.5 Å². The lowest BCUT2D eigenvalue weighted by molar-refractivity contribution is -0.136. The van der Waals surface area contributed by atoms with Crippen molar-refractivity contribution in [3.63, 3.8) is 0 Å². The molecule has 25 heavy (non-hydrogen) atoms. The molecule has 132 valence electrons. The maximum absolute atomic E-state index is 12.2. The van der Waals surface area contributed by atoms with Gasteiger partial charge in [0.15, 0.2) is 0 Å². The zero-order valence-corrected chi connectivity index (χ0v) is 14.3. The van der Waals surface area contributed by atoms with Gasteiger partial charge in [-0.1, -0.05) is 0 Å². The van der Waals surface area contributed by atoms with E-state index in [4.69, 9.17) is 14.2 Å². The van der Waals surface area contributed by atoms with Gasteiger partial charge in [0.2, 0.25) is 11.8 Å².